The Kier molecular flexibility index (Phi) is 3.26. The molecular formula is C13H16FNO3. The fourth-order valence-electron chi connectivity index (χ4n) is 2.68. The summed E-state index contributed by atoms with van der Waals surface area (Å²) >= 11 is 0. The Labute approximate surface area is 105 Å². The maximum atomic E-state index is 14.1. The molecule has 0 amide bonds. The number of carbonyl (C=O) groups is 1. The van der Waals surface area contributed by atoms with Crippen LogP contribution in [0.25, 0.3) is 0 Å². The van der Waals surface area contributed by atoms with Crippen LogP contribution in [0.2, 0.25) is 0 Å². The Bertz CT molecular complexity index is 477. The van der Waals surface area contributed by atoms with Crippen LogP contribution in [0.15, 0.2) is 18.2 Å². The second-order valence-electron chi connectivity index (χ2n) is 4.76. The average Bonchev–Trinajstić information content (AvgIpc) is 2.71. The van der Waals surface area contributed by atoms with Crippen molar-refractivity contribution in [2.45, 2.75) is 12.3 Å². The molecule has 1 aliphatic rings. The van der Waals surface area contributed by atoms with Crippen molar-refractivity contribution < 1.29 is 19.0 Å². The lowest BCUT2D eigenvalue weighted by atomic mass is 9.73. The zero-order valence-electron chi connectivity index (χ0n) is 10.4. The fourth-order valence-corrected chi connectivity index (χ4v) is 2.68. The Hall–Kier alpha value is -1.62. The molecule has 0 bridgehead atoms. The van der Waals surface area contributed by atoms with Gasteiger partial charge in [0.1, 0.15) is 11.6 Å². The molecule has 2 rings (SSSR count). The summed E-state index contributed by atoms with van der Waals surface area (Å²) in [5.74, 6) is -1.62. The van der Waals surface area contributed by atoms with Gasteiger partial charge in [-0.15, -0.1) is 0 Å². The predicted octanol–water partition coefficient (Wildman–Crippen LogP) is 1.40. The number of hydrogen-bond donors (Lipinski definition) is 2. The normalized spacial score (nSPS) is 27.2. The van der Waals surface area contributed by atoms with Gasteiger partial charge in [0.05, 0.1) is 13.0 Å². The summed E-state index contributed by atoms with van der Waals surface area (Å²) in [5.41, 5.74) is -0.465. The molecule has 1 fully saturated rings. The van der Waals surface area contributed by atoms with E-state index in [2.05, 4.69) is 5.32 Å². The third-order valence-corrected chi connectivity index (χ3v) is 3.67. The van der Waals surface area contributed by atoms with E-state index in [1.54, 1.807) is 19.1 Å². The van der Waals surface area contributed by atoms with Crippen molar-refractivity contribution in [2.75, 3.05) is 20.2 Å². The van der Waals surface area contributed by atoms with Crippen LogP contribution in [0, 0.1) is 11.7 Å². The van der Waals surface area contributed by atoms with Gasteiger partial charge in [0, 0.05) is 24.1 Å². The van der Waals surface area contributed by atoms with E-state index in [1.165, 1.54) is 13.2 Å². The van der Waals surface area contributed by atoms with Crippen molar-refractivity contribution in [1.29, 1.82) is 0 Å². The molecule has 4 nitrogen and oxygen atoms in total. The van der Waals surface area contributed by atoms with E-state index >= 15 is 0 Å². The topological polar surface area (TPSA) is 58.6 Å². The van der Waals surface area contributed by atoms with Crippen molar-refractivity contribution in [1.82, 2.24) is 5.32 Å². The van der Waals surface area contributed by atoms with E-state index in [0.29, 0.717) is 24.4 Å². The van der Waals surface area contributed by atoms with Gasteiger partial charge in [0.2, 0.25) is 0 Å². The Morgan fingerprint density at radius 1 is 1.61 bits per heavy atom. The number of nitrogens with one attached hydrogen (secondary N) is 1. The monoisotopic (exact) mass is 253 g/mol. The number of rotatable bonds is 3. The minimum Gasteiger partial charge on any atom is -0.496 e. The molecule has 1 aliphatic heterocycles. The van der Waals surface area contributed by atoms with E-state index in [0.717, 1.165) is 0 Å². The molecule has 2 atom stereocenters. The summed E-state index contributed by atoms with van der Waals surface area (Å²) in [6, 6.07) is 4.54. The summed E-state index contributed by atoms with van der Waals surface area (Å²) in [4.78, 5) is 11.3. The van der Waals surface area contributed by atoms with Gasteiger partial charge >= 0.3 is 5.97 Å². The molecule has 5 heteroatoms. The average molecular weight is 253 g/mol. The molecule has 1 aromatic carbocycles. The van der Waals surface area contributed by atoms with Crippen LogP contribution >= 0.6 is 0 Å². The third kappa shape index (κ3) is 1.84. The lowest BCUT2D eigenvalue weighted by Crippen LogP contribution is -2.37. The van der Waals surface area contributed by atoms with E-state index in [4.69, 9.17) is 4.74 Å². The van der Waals surface area contributed by atoms with Gasteiger partial charge in [-0.05, 0) is 12.1 Å². The highest BCUT2D eigenvalue weighted by Crippen LogP contribution is 2.41. The van der Waals surface area contributed by atoms with Gasteiger partial charge in [-0.3, -0.25) is 4.79 Å². The number of carboxylic acid groups (broad SMARTS) is 1. The molecule has 0 spiro atoms. The quantitative estimate of drug-likeness (QED) is 0.854. The summed E-state index contributed by atoms with van der Waals surface area (Å²) in [6.45, 7) is 2.51. The van der Waals surface area contributed by atoms with Gasteiger partial charge in [-0.25, -0.2) is 4.39 Å². The van der Waals surface area contributed by atoms with Crippen molar-refractivity contribution in [2.24, 2.45) is 5.92 Å². The zero-order chi connectivity index (χ0) is 13.3. The van der Waals surface area contributed by atoms with Gasteiger partial charge < -0.3 is 15.2 Å². The second kappa shape index (κ2) is 4.57. The fraction of sp³-hybridized carbons (Fsp3) is 0.462. The van der Waals surface area contributed by atoms with Crippen molar-refractivity contribution in [3.05, 3.63) is 29.6 Å². The van der Waals surface area contributed by atoms with E-state index in [9.17, 15) is 14.3 Å². The minimum absolute atomic E-state index is 0.337. The Morgan fingerprint density at radius 3 is 2.94 bits per heavy atom. The SMILES string of the molecule is COc1cccc(F)c1C1(C)CNCC1C(=O)O. The van der Waals surface area contributed by atoms with Crippen LogP contribution in [-0.2, 0) is 10.2 Å². The van der Waals surface area contributed by atoms with Gasteiger partial charge in [-0.2, -0.15) is 0 Å². The molecule has 0 aromatic heterocycles. The molecule has 98 valence electrons. The molecule has 1 saturated heterocycles. The largest absolute Gasteiger partial charge is 0.496 e. The van der Waals surface area contributed by atoms with Crippen LogP contribution < -0.4 is 10.1 Å². The highest BCUT2D eigenvalue weighted by Gasteiger charge is 2.47. The molecule has 0 saturated carbocycles. The lowest BCUT2D eigenvalue weighted by Gasteiger charge is -2.30. The predicted molar refractivity (Wildman–Crippen MR) is 64.3 cm³/mol. The van der Waals surface area contributed by atoms with E-state index in [1.807, 2.05) is 0 Å². The van der Waals surface area contributed by atoms with E-state index < -0.39 is 23.1 Å². The first-order valence-corrected chi connectivity index (χ1v) is 5.77. The summed E-state index contributed by atoms with van der Waals surface area (Å²) in [6.07, 6.45) is 0. The van der Waals surface area contributed by atoms with Crippen LogP contribution in [0.1, 0.15) is 12.5 Å². The van der Waals surface area contributed by atoms with Crippen LogP contribution in [0.5, 0.6) is 5.75 Å². The Morgan fingerprint density at radius 2 is 2.33 bits per heavy atom. The first-order chi connectivity index (χ1) is 8.50. The number of hydrogen-bond acceptors (Lipinski definition) is 3. The molecule has 2 N–H and O–H groups in total. The van der Waals surface area contributed by atoms with Gasteiger partial charge in [-0.1, -0.05) is 13.0 Å². The number of methoxy groups -OCH3 is 1. The van der Waals surface area contributed by atoms with Crippen molar-refractivity contribution in [3.8, 4) is 5.75 Å². The first kappa shape index (κ1) is 12.8. The van der Waals surface area contributed by atoms with Gasteiger partial charge in [0.15, 0.2) is 0 Å². The van der Waals surface area contributed by atoms with Crippen LogP contribution in [-0.4, -0.2) is 31.3 Å². The number of carboxylic acids is 1. The second-order valence-corrected chi connectivity index (χ2v) is 4.76. The van der Waals surface area contributed by atoms with Crippen molar-refractivity contribution in [3.63, 3.8) is 0 Å². The minimum atomic E-state index is -0.923. The number of ether oxygens (including phenoxy) is 1. The maximum absolute atomic E-state index is 14.1. The highest BCUT2D eigenvalue weighted by molar-refractivity contribution is 5.74. The van der Waals surface area contributed by atoms with Gasteiger partial charge in [0.25, 0.3) is 0 Å². The molecule has 2 unspecified atom stereocenters. The molecule has 0 aliphatic carbocycles. The van der Waals surface area contributed by atoms with E-state index in [-0.39, 0.29) is 0 Å². The zero-order valence-corrected chi connectivity index (χ0v) is 10.4. The molecule has 0 radical (unpaired) electrons. The summed E-state index contributed by atoms with van der Waals surface area (Å²) in [7, 11) is 1.46. The van der Waals surface area contributed by atoms with Crippen molar-refractivity contribution >= 4 is 5.97 Å². The number of halogens is 1. The standard InChI is InChI=1S/C13H16FNO3/c1-13(7-15-6-8(13)12(16)17)11-9(14)4-3-5-10(11)18-2/h3-5,8,15H,6-7H2,1-2H3,(H,16,17). The third-order valence-electron chi connectivity index (χ3n) is 3.67. The Balaban J connectivity index is 2.56. The lowest BCUT2D eigenvalue weighted by molar-refractivity contribution is -0.142. The van der Waals surface area contributed by atoms with Crippen LogP contribution in [0.4, 0.5) is 4.39 Å². The smallest absolute Gasteiger partial charge is 0.308 e. The summed E-state index contributed by atoms with van der Waals surface area (Å²) < 4.78 is 19.2. The molecule has 1 aromatic rings. The number of benzene rings is 1. The highest BCUT2D eigenvalue weighted by atomic mass is 19.1. The molecule has 18 heavy (non-hydrogen) atoms. The van der Waals surface area contributed by atoms with Crippen LogP contribution in [0.3, 0.4) is 0 Å². The maximum Gasteiger partial charge on any atom is 0.308 e. The summed E-state index contributed by atoms with van der Waals surface area (Å²) in [5, 5.41) is 12.3. The first-order valence-electron chi connectivity index (χ1n) is 5.77. The molecule has 1 heterocycles. The number of aliphatic carboxylic acids is 1. The molecular weight excluding hydrogens is 237 g/mol.